The molecule has 1 fully saturated rings. The summed E-state index contributed by atoms with van der Waals surface area (Å²) >= 11 is 1.34. The Hall–Kier alpha value is -0.970. The zero-order valence-electron chi connectivity index (χ0n) is 13.4. The minimum absolute atomic E-state index is 0.0235. The van der Waals surface area contributed by atoms with E-state index in [1.165, 1.54) is 43.1 Å². The number of hydrogen-bond acceptors (Lipinski definition) is 3. The summed E-state index contributed by atoms with van der Waals surface area (Å²) in [6.45, 7) is 8.89. The Kier molecular flexibility index (Phi) is 5.02. The predicted octanol–water partition coefficient (Wildman–Crippen LogP) is 4.11. The van der Waals surface area contributed by atoms with Gasteiger partial charge in [-0.25, -0.2) is 4.98 Å². The van der Waals surface area contributed by atoms with E-state index in [4.69, 9.17) is 5.11 Å². The Balaban J connectivity index is 2.33. The number of carboxylic acids is 1. The van der Waals surface area contributed by atoms with E-state index in [9.17, 15) is 4.79 Å². The molecule has 1 aromatic rings. The van der Waals surface area contributed by atoms with E-state index in [-0.39, 0.29) is 11.2 Å². The fraction of sp³-hybridized carbons (Fsp3) is 0.750. The van der Waals surface area contributed by atoms with Crippen LogP contribution in [0.15, 0.2) is 11.4 Å². The van der Waals surface area contributed by atoms with Crippen LogP contribution in [0.2, 0.25) is 0 Å². The van der Waals surface area contributed by atoms with Gasteiger partial charge in [0.05, 0.1) is 5.75 Å². The number of thioether (sulfide) groups is 1. The first-order chi connectivity index (χ1) is 9.79. The van der Waals surface area contributed by atoms with Crippen molar-refractivity contribution in [3.05, 3.63) is 11.9 Å². The van der Waals surface area contributed by atoms with Crippen LogP contribution in [0.1, 0.15) is 65.1 Å². The molecule has 0 saturated heterocycles. The van der Waals surface area contributed by atoms with Crippen molar-refractivity contribution in [2.24, 2.45) is 5.92 Å². The smallest absolute Gasteiger partial charge is 0.313 e. The van der Waals surface area contributed by atoms with Gasteiger partial charge in [-0.05, 0) is 18.8 Å². The SMILES string of the molecule is CC1CCCC(n2c(C(C)(C)C)cnc2SCC(=O)O)C1. The van der Waals surface area contributed by atoms with Crippen molar-refractivity contribution >= 4 is 17.7 Å². The lowest BCUT2D eigenvalue weighted by Gasteiger charge is -2.33. The van der Waals surface area contributed by atoms with Gasteiger partial charge in [0.25, 0.3) is 0 Å². The third-order valence-electron chi connectivity index (χ3n) is 4.13. The molecule has 5 heteroatoms. The lowest BCUT2D eigenvalue weighted by atomic mass is 9.85. The average molecular weight is 310 g/mol. The van der Waals surface area contributed by atoms with Crippen molar-refractivity contribution in [2.75, 3.05) is 5.75 Å². The van der Waals surface area contributed by atoms with Gasteiger partial charge in [0.15, 0.2) is 5.16 Å². The second-order valence-corrected chi connectivity index (χ2v) is 8.10. The molecule has 1 heterocycles. The Bertz CT molecular complexity index is 505. The van der Waals surface area contributed by atoms with E-state index in [1.54, 1.807) is 0 Å². The normalized spacial score (nSPS) is 23.2. The molecule has 0 amide bonds. The van der Waals surface area contributed by atoms with Gasteiger partial charge in [0.2, 0.25) is 0 Å². The number of carbonyl (C=O) groups is 1. The minimum atomic E-state index is -0.788. The molecule has 118 valence electrons. The lowest BCUT2D eigenvalue weighted by molar-refractivity contribution is -0.133. The first kappa shape index (κ1) is 16.4. The summed E-state index contributed by atoms with van der Waals surface area (Å²) in [5.74, 6) is 0.0169. The third kappa shape index (κ3) is 4.02. The maximum atomic E-state index is 10.9. The number of rotatable bonds is 4. The van der Waals surface area contributed by atoms with Crippen molar-refractivity contribution in [3.8, 4) is 0 Å². The summed E-state index contributed by atoms with van der Waals surface area (Å²) in [6.07, 6.45) is 6.82. The topological polar surface area (TPSA) is 55.1 Å². The van der Waals surface area contributed by atoms with Crippen LogP contribution in [0.3, 0.4) is 0 Å². The molecule has 0 radical (unpaired) electrons. The number of nitrogens with zero attached hydrogens (tertiary/aromatic N) is 2. The van der Waals surface area contributed by atoms with Crippen LogP contribution in [-0.4, -0.2) is 26.4 Å². The van der Waals surface area contributed by atoms with Crippen molar-refractivity contribution in [1.29, 1.82) is 0 Å². The molecular weight excluding hydrogens is 284 g/mol. The summed E-state index contributed by atoms with van der Waals surface area (Å²) in [6, 6.07) is 0.460. The number of aromatic nitrogens is 2. The highest BCUT2D eigenvalue weighted by atomic mass is 32.2. The van der Waals surface area contributed by atoms with Gasteiger partial charge in [0.1, 0.15) is 0 Å². The summed E-state index contributed by atoms with van der Waals surface area (Å²) in [7, 11) is 0. The minimum Gasteiger partial charge on any atom is -0.481 e. The van der Waals surface area contributed by atoms with E-state index < -0.39 is 5.97 Å². The second kappa shape index (κ2) is 6.42. The van der Waals surface area contributed by atoms with Crippen molar-refractivity contribution in [3.63, 3.8) is 0 Å². The molecule has 1 aromatic heterocycles. The molecule has 21 heavy (non-hydrogen) atoms. The maximum absolute atomic E-state index is 10.9. The highest BCUT2D eigenvalue weighted by Crippen LogP contribution is 2.38. The molecule has 1 N–H and O–H groups in total. The molecular formula is C16H26N2O2S. The summed E-state index contributed by atoms with van der Waals surface area (Å²) in [4.78, 5) is 15.4. The molecule has 1 aliphatic rings. The van der Waals surface area contributed by atoms with Gasteiger partial charge in [-0.2, -0.15) is 0 Å². The molecule has 0 aromatic carbocycles. The molecule has 2 rings (SSSR count). The van der Waals surface area contributed by atoms with Crippen LogP contribution < -0.4 is 0 Å². The Labute approximate surface area is 131 Å². The largest absolute Gasteiger partial charge is 0.481 e. The van der Waals surface area contributed by atoms with E-state index in [0.29, 0.717) is 6.04 Å². The molecule has 2 atom stereocenters. The second-order valence-electron chi connectivity index (χ2n) is 7.15. The van der Waals surface area contributed by atoms with Gasteiger partial charge < -0.3 is 9.67 Å². The zero-order valence-corrected chi connectivity index (χ0v) is 14.2. The molecule has 1 aliphatic carbocycles. The van der Waals surface area contributed by atoms with Gasteiger partial charge in [-0.1, -0.05) is 52.3 Å². The first-order valence-electron chi connectivity index (χ1n) is 7.71. The van der Waals surface area contributed by atoms with Crippen LogP contribution in [0.5, 0.6) is 0 Å². The van der Waals surface area contributed by atoms with Gasteiger partial charge in [-0.15, -0.1) is 0 Å². The molecule has 4 nitrogen and oxygen atoms in total. The number of hydrogen-bond donors (Lipinski definition) is 1. The van der Waals surface area contributed by atoms with Crippen LogP contribution in [-0.2, 0) is 10.2 Å². The van der Waals surface area contributed by atoms with Gasteiger partial charge >= 0.3 is 5.97 Å². The van der Waals surface area contributed by atoms with Crippen molar-refractivity contribution in [1.82, 2.24) is 9.55 Å². The quantitative estimate of drug-likeness (QED) is 0.850. The number of aliphatic carboxylic acids is 1. The molecule has 1 saturated carbocycles. The highest BCUT2D eigenvalue weighted by molar-refractivity contribution is 7.99. The van der Waals surface area contributed by atoms with E-state index >= 15 is 0 Å². The molecule has 0 aliphatic heterocycles. The first-order valence-corrected chi connectivity index (χ1v) is 8.70. The highest BCUT2D eigenvalue weighted by Gasteiger charge is 2.29. The van der Waals surface area contributed by atoms with Gasteiger partial charge in [0, 0.05) is 23.3 Å². The van der Waals surface area contributed by atoms with Gasteiger partial charge in [-0.3, -0.25) is 4.79 Å². The van der Waals surface area contributed by atoms with Crippen molar-refractivity contribution in [2.45, 2.75) is 70.0 Å². The lowest BCUT2D eigenvalue weighted by Crippen LogP contribution is -2.25. The monoisotopic (exact) mass is 310 g/mol. The fourth-order valence-corrected chi connectivity index (χ4v) is 3.89. The number of imidazole rings is 1. The summed E-state index contributed by atoms with van der Waals surface area (Å²) < 4.78 is 2.32. The molecule has 0 bridgehead atoms. The Morgan fingerprint density at radius 3 is 2.76 bits per heavy atom. The van der Waals surface area contributed by atoms with E-state index in [1.807, 2.05) is 6.20 Å². The van der Waals surface area contributed by atoms with Crippen LogP contribution in [0.4, 0.5) is 0 Å². The third-order valence-corrected chi connectivity index (χ3v) is 5.08. The van der Waals surface area contributed by atoms with Crippen molar-refractivity contribution < 1.29 is 9.90 Å². The summed E-state index contributed by atoms with van der Waals surface area (Å²) in [5, 5.41) is 9.79. The average Bonchev–Trinajstić information content (AvgIpc) is 2.80. The van der Waals surface area contributed by atoms with Crippen LogP contribution in [0.25, 0.3) is 0 Å². The van der Waals surface area contributed by atoms with E-state index in [0.717, 1.165) is 11.1 Å². The summed E-state index contributed by atoms with van der Waals surface area (Å²) in [5.41, 5.74) is 1.24. The Morgan fingerprint density at radius 2 is 2.19 bits per heavy atom. The number of carboxylic acid groups (broad SMARTS) is 1. The Morgan fingerprint density at radius 1 is 1.48 bits per heavy atom. The molecule has 0 spiro atoms. The van der Waals surface area contributed by atoms with Crippen LogP contribution in [0, 0.1) is 5.92 Å². The van der Waals surface area contributed by atoms with Crippen LogP contribution >= 0.6 is 11.8 Å². The van der Waals surface area contributed by atoms with E-state index in [2.05, 4.69) is 37.2 Å². The predicted molar refractivity (Wildman–Crippen MR) is 86.0 cm³/mol. The fourth-order valence-electron chi connectivity index (χ4n) is 3.12. The standard InChI is InChI=1S/C16H26N2O2S/c1-11-6-5-7-12(8-11)18-13(16(2,3)4)9-17-15(18)21-10-14(19)20/h9,11-12H,5-8,10H2,1-4H3,(H,19,20). The zero-order chi connectivity index (χ0) is 15.6. The molecule has 2 unspecified atom stereocenters. The maximum Gasteiger partial charge on any atom is 0.313 e.